The van der Waals surface area contributed by atoms with Gasteiger partial charge in [-0.1, -0.05) is 42.5 Å². The van der Waals surface area contributed by atoms with E-state index in [1.165, 1.54) is 5.56 Å². The Labute approximate surface area is 156 Å². The first-order chi connectivity index (χ1) is 11.7. The highest BCUT2D eigenvalue weighted by molar-refractivity contribution is 5.85. The quantitative estimate of drug-likeness (QED) is 0.745. The van der Waals surface area contributed by atoms with Crippen molar-refractivity contribution in [3.8, 4) is 5.75 Å². The molecule has 0 spiro atoms. The van der Waals surface area contributed by atoms with Crippen LogP contribution in [-0.4, -0.2) is 37.6 Å². The lowest BCUT2D eigenvalue weighted by atomic mass is 10.1. The Kier molecular flexibility index (Phi) is 9.66. The molecule has 2 rings (SSSR count). The molecular formula is C20H27ClN2O2. The molecule has 136 valence electrons. The van der Waals surface area contributed by atoms with Crippen molar-refractivity contribution in [2.24, 2.45) is 5.73 Å². The van der Waals surface area contributed by atoms with E-state index in [2.05, 4.69) is 12.1 Å². The van der Waals surface area contributed by atoms with Crippen LogP contribution in [0.1, 0.15) is 17.5 Å². The molecular weight excluding hydrogens is 336 g/mol. The summed E-state index contributed by atoms with van der Waals surface area (Å²) in [5, 5.41) is 0. The fourth-order valence-corrected chi connectivity index (χ4v) is 2.63. The van der Waals surface area contributed by atoms with Crippen molar-refractivity contribution in [3.05, 3.63) is 65.7 Å². The summed E-state index contributed by atoms with van der Waals surface area (Å²) in [7, 11) is 1.65. The summed E-state index contributed by atoms with van der Waals surface area (Å²) < 4.78 is 5.15. The van der Waals surface area contributed by atoms with Crippen LogP contribution >= 0.6 is 12.4 Å². The molecule has 0 heterocycles. The Morgan fingerprint density at radius 1 is 0.960 bits per heavy atom. The van der Waals surface area contributed by atoms with E-state index in [9.17, 15) is 4.79 Å². The van der Waals surface area contributed by atoms with Crippen molar-refractivity contribution in [3.63, 3.8) is 0 Å². The molecule has 0 saturated carbocycles. The number of rotatable bonds is 9. The standard InChI is InChI=1S/C20H26N2O2.ClH/c1-24-19-10-7-18(8-11-19)9-12-20(23)22(16-14-21)15-13-17-5-3-2-4-6-17;/h2-8,10-11H,9,12-16,21H2,1H3;1H. The van der Waals surface area contributed by atoms with Crippen molar-refractivity contribution in [2.45, 2.75) is 19.3 Å². The molecule has 5 heteroatoms. The van der Waals surface area contributed by atoms with Crippen LogP contribution in [0.5, 0.6) is 5.75 Å². The monoisotopic (exact) mass is 362 g/mol. The number of aryl methyl sites for hydroxylation is 1. The number of ether oxygens (including phenoxy) is 1. The van der Waals surface area contributed by atoms with Crippen molar-refractivity contribution < 1.29 is 9.53 Å². The zero-order valence-electron chi connectivity index (χ0n) is 14.7. The third-order valence-corrected chi connectivity index (χ3v) is 4.05. The third-order valence-electron chi connectivity index (χ3n) is 4.05. The van der Waals surface area contributed by atoms with Crippen LogP contribution in [0.4, 0.5) is 0 Å². The Balaban J connectivity index is 0.00000312. The summed E-state index contributed by atoms with van der Waals surface area (Å²) in [5.41, 5.74) is 8.04. The summed E-state index contributed by atoms with van der Waals surface area (Å²) in [6.07, 6.45) is 2.09. The van der Waals surface area contributed by atoms with Gasteiger partial charge in [-0.3, -0.25) is 4.79 Å². The van der Waals surface area contributed by atoms with Crippen molar-refractivity contribution in [1.29, 1.82) is 0 Å². The largest absolute Gasteiger partial charge is 0.497 e. The average molecular weight is 363 g/mol. The van der Waals surface area contributed by atoms with E-state index < -0.39 is 0 Å². The minimum absolute atomic E-state index is 0. The molecule has 2 aromatic rings. The molecule has 0 saturated heterocycles. The minimum atomic E-state index is 0. The molecule has 0 unspecified atom stereocenters. The molecule has 0 fully saturated rings. The molecule has 0 bridgehead atoms. The molecule has 0 aliphatic rings. The molecule has 2 aromatic carbocycles. The summed E-state index contributed by atoms with van der Waals surface area (Å²) in [6.45, 7) is 1.81. The number of carbonyl (C=O) groups is 1. The van der Waals surface area contributed by atoms with E-state index in [1.54, 1.807) is 7.11 Å². The first-order valence-electron chi connectivity index (χ1n) is 8.37. The second-order valence-corrected chi connectivity index (χ2v) is 5.75. The molecule has 4 nitrogen and oxygen atoms in total. The number of amides is 1. The molecule has 0 aliphatic heterocycles. The zero-order chi connectivity index (χ0) is 17.2. The first-order valence-corrected chi connectivity index (χ1v) is 8.37. The number of hydrogen-bond donors (Lipinski definition) is 1. The number of halogens is 1. The number of carbonyl (C=O) groups excluding carboxylic acids is 1. The maximum Gasteiger partial charge on any atom is 0.222 e. The highest BCUT2D eigenvalue weighted by atomic mass is 35.5. The molecule has 25 heavy (non-hydrogen) atoms. The number of nitrogens with zero attached hydrogens (tertiary/aromatic N) is 1. The van der Waals surface area contributed by atoms with Gasteiger partial charge in [0, 0.05) is 26.1 Å². The van der Waals surface area contributed by atoms with Gasteiger partial charge in [0.15, 0.2) is 0 Å². The summed E-state index contributed by atoms with van der Waals surface area (Å²) in [4.78, 5) is 14.4. The average Bonchev–Trinajstić information content (AvgIpc) is 2.64. The van der Waals surface area contributed by atoms with E-state index in [4.69, 9.17) is 10.5 Å². The van der Waals surface area contributed by atoms with Crippen molar-refractivity contribution in [1.82, 2.24) is 4.90 Å². The lowest BCUT2D eigenvalue weighted by Crippen LogP contribution is -2.37. The van der Waals surface area contributed by atoms with Gasteiger partial charge in [-0.25, -0.2) is 0 Å². The van der Waals surface area contributed by atoms with Crippen LogP contribution in [0, 0.1) is 0 Å². The van der Waals surface area contributed by atoms with Gasteiger partial charge in [0.05, 0.1) is 7.11 Å². The molecule has 0 aliphatic carbocycles. The molecule has 1 amide bonds. The van der Waals surface area contributed by atoms with Gasteiger partial charge >= 0.3 is 0 Å². The number of nitrogens with two attached hydrogens (primary N) is 1. The molecule has 0 radical (unpaired) electrons. The number of benzene rings is 2. The van der Waals surface area contributed by atoms with Crippen LogP contribution in [-0.2, 0) is 17.6 Å². The maximum absolute atomic E-state index is 12.5. The van der Waals surface area contributed by atoms with Gasteiger partial charge in [0.2, 0.25) is 5.91 Å². The second-order valence-electron chi connectivity index (χ2n) is 5.75. The van der Waals surface area contributed by atoms with E-state index in [-0.39, 0.29) is 18.3 Å². The Morgan fingerprint density at radius 2 is 1.60 bits per heavy atom. The van der Waals surface area contributed by atoms with E-state index >= 15 is 0 Å². The highest BCUT2D eigenvalue weighted by Gasteiger charge is 2.12. The molecule has 0 atom stereocenters. The van der Waals surface area contributed by atoms with Gasteiger partial charge in [-0.05, 0) is 36.1 Å². The normalized spacial score (nSPS) is 10.0. The van der Waals surface area contributed by atoms with Gasteiger partial charge in [0.25, 0.3) is 0 Å². The SMILES string of the molecule is COc1ccc(CCC(=O)N(CCN)CCc2ccccc2)cc1.Cl. The van der Waals surface area contributed by atoms with Crippen LogP contribution in [0.15, 0.2) is 54.6 Å². The molecule has 2 N–H and O–H groups in total. The Hall–Kier alpha value is -2.04. The molecule has 0 aromatic heterocycles. The van der Waals surface area contributed by atoms with Crippen molar-refractivity contribution in [2.75, 3.05) is 26.7 Å². The topological polar surface area (TPSA) is 55.6 Å². The van der Waals surface area contributed by atoms with E-state index in [0.717, 1.165) is 24.2 Å². The number of methoxy groups -OCH3 is 1. The van der Waals surface area contributed by atoms with Gasteiger partial charge < -0.3 is 15.4 Å². The first kappa shape index (κ1) is 21.0. The lowest BCUT2D eigenvalue weighted by molar-refractivity contribution is -0.131. The second kappa shape index (κ2) is 11.5. The van der Waals surface area contributed by atoms with Crippen LogP contribution < -0.4 is 10.5 Å². The van der Waals surface area contributed by atoms with Crippen LogP contribution in [0.3, 0.4) is 0 Å². The maximum atomic E-state index is 12.5. The van der Waals surface area contributed by atoms with Gasteiger partial charge in [0.1, 0.15) is 5.75 Å². The van der Waals surface area contributed by atoms with Gasteiger partial charge in [-0.15, -0.1) is 12.4 Å². The number of hydrogen-bond acceptors (Lipinski definition) is 3. The fraction of sp³-hybridized carbons (Fsp3) is 0.350. The Morgan fingerprint density at radius 3 is 2.20 bits per heavy atom. The third kappa shape index (κ3) is 7.16. The highest BCUT2D eigenvalue weighted by Crippen LogP contribution is 2.13. The Bertz CT molecular complexity index is 617. The van der Waals surface area contributed by atoms with E-state index in [0.29, 0.717) is 26.1 Å². The summed E-state index contributed by atoms with van der Waals surface area (Å²) in [6, 6.07) is 18.1. The smallest absolute Gasteiger partial charge is 0.222 e. The fourth-order valence-electron chi connectivity index (χ4n) is 2.63. The van der Waals surface area contributed by atoms with Gasteiger partial charge in [-0.2, -0.15) is 0 Å². The summed E-state index contributed by atoms with van der Waals surface area (Å²) in [5.74, 6) is 0.991. The predicted octanol–water partition coefficient (Wildman–Crippen LogP) is 3.08. The minimum Gasteiger partial charge on any atom is -0.497 e. The summed E-state index contributed by atoms with van der Waals surface area (Å²) >= 11 is 0. The predicted molar refractivity (Wildman–Crippen MR) is 104 cm³/mol. The van der Waals surface area contributed by atoms with Crippen LogP contribution in [0.2, 0.25) is 0 Å². The van der Waals surface area contributed by atoms with Crippen LogP contribution in [0.25, 0.3) is 0 Å². The zero-order valence-corrected chi connectivity index (χ0v) is 15.5. The van der Waals surface area contributed by atoms with Crippen molar-refractivity contribution >= 4 is 18.3 Å². The lowest BCUT2D eigenvalue weighted by Gasteiger charge is -2.22. The van der Waals surface area contributed by atoms with E-state index in [1.807, 2.05) is 47.4 Å².